The molecule has 0 unspecified atom stereocenters. The lowest BCUT2D eigenvalue weighted by Gasteiger charge is -2.03. The third-order valence-corrected chi connectivity index (χ3v) is 0.843. The minimum Gasteiger partial charge on any atom is -0.495 e. The summed E-state index contributed by atoms with van der Waals surface area (Å²) in [6.45, 7) is 9.06. The highest BCUT2D eigenvalue weighted by Crippen LogP contribution is 1.89. The van der Waals surface area contributed by atoms with Crippen molar-refractivity contribution in [1.82, 2.24) is 0 Å². The van der Waals surface area contributed by atoms with Crippen molar-refractivity contribution in [2.75, 3.05) is 13.2 Å². The predicted molar refractivity (Wildman–Crippen MR) is 41.9 cm³/mol. The van der Waals surface area contributed by atoms with E-state index in [2.05, 4.69) is 17.9 Å². The molecule has 0 fully saturated rings. The number of ether oxygens (including phenoxy) is 2. The van der Waals surface area contributed by atoms with E-state index in [0.29, 0.717) is 12.4 Å². The maximum Gasteiger partial charge on any atom is 0.330 e. The SMILES string of the molecule is C=CC(=O)OCCOC(=C)C. The van der Waals surface area contributed by atoms with Crippen molar-refractivity contribution >= 4 is 5.97 Å². The van der Waals surface area contributed by atoms with Gasteiger partial charge >= 0.3 is 5.97 Å². The fraction of sp³-hybridized carbons (Fsp3) is 0.375. The van der Waals surface area contributed by atoms with Gasteiger partial charge in [-0.25, -0.2) is 4.79 Å². The second kappa shape index (κ2) is 5.53. The molecule has 0 rings (SSSR count). The maximum absolute atomic E-state index is 10.4. The summed E-state index contributed by atoms with van der Waals surface area (Å²) in [6, 6.07) is 0. The summed E-state index contributed by atoms with van der Waals surface area (Å²) in [7, 11) is 0. The third kappa shape index (κ3) is 6.64. The van der Waals surface area contributed by atoms with Crippen LogP contribution >= 0.6 is 0 Å². The molecule has 0 saturated carbocycles. The highest BCUT2D eigenvalue weighted by Gasteiger charge is 1.93. The molecule has 3 heteroatoms. The summed E-state index contributed by atoms with van der Waals surface area (Å²) >= 11 is 0. The standard InChI is InChI=1S/C8H12O3/c1-4-8(9)11-6-5-10-7(2)3/h4H,1-2,5-6H2,3H3. The van der Waals surface area contributed by atoms with Crippen LogP contribution in [0, 0.1) is 0 Å². The first-order chi connectivity index (χ1) is 5.16. The second-order valence-corrected chi connectivity index (χ2v) is 1.92. The summed E-state index contributed by atoms with van der Waals surface area (Å²) < 4.78 is 9.55. The van der Waals surface area contributed by atoms with Gasteiger partial charge in [-0.1, -0.05) is 13.2 Å². The fourth-order valence-electron chi connectivity index (χ4n) is 0.417. The summed E-state index contributed by atoms with van der Waals surface area (Å²) in [5, 5.41) is 0. The number of carbonyl (C=O) groups is 1. The minimum absolute atomic E-state index is 0.234. The zero-order valence-corrected chi connectivity index (χ0v) is 6.63. The normalized spacial score (nSPS) is 8.45. The molecular formula is C8H12O3. The predicted octanol–water partition coefficient (Wildman–Crippen LogP) is 1.27. The molecule has 3 nitrogen and oxygen atoms in total. The minimum atomic E-state index is -0.435. The Morgan fingerprint density at radius 1 is 1.45 bits per heavy atom. The van der Waals surface area contributed by atoms with E-state index in [1.54, 1.807) is 6.92 Å². The Morgan fingerprint density at radius 2 is 2.00 bits per heavy atom. The first-order valence-electron chi connectivity index (χ1n) is 3.24. The van der Waals surface area contributed by atoms with Crippen molar-refractivity contribution in [2.45, 2.75) is 6.92 Å². The van der Waals surface area contributed by atoms with Gasteiger partial charge in [0.15, 0.2) is 0 Å². The van der Waals surface area contributed by atoms with Crippen LogP contribution in [0.5, 0.6) is 0 Å². The van der Waals surface area contributed by atoms with Gasteiger partial charge in [-0.2, -0.15) is 0 Å². The number of rotatable bonds is 5. The van der Waals surface area contributed by atoms with Crippen LogP contribution in [-0.2, 0) is 14.3 Å². The zero-order chi connectivity index (χ0) is 8.69. The molecule has 0 radical (unpaired) electrons. The molecule has 0 aromatic heterocycles. The molecule has 62 valence electrons. The average Bonchev–Trinajstić information content (AvgIpc) is 1.97. The van der Waals surface area contributed by atoms with E-state index >= 15 is 0 Å². The number of esters is 1. The van der Waals surface area contributed by atoms with Crippen molar-refractivity contribution in [2.24, 2.45) is 0 Å². The molecule has 0 aliphatic heterocycles. The maximum atomic E-state index is 10.4. The Balaban J connectivity index is 3.21. The van der Waals surface area contributed by atoms with Crippen molar-refractivity contribution in [1.29, 1.82) is 0 Å². The summed E-state index contributed by atoms with van der Waals surface area (Å²) in [5.41, 5.74) is 0. The first-order valence-corrected chi connectivity index (χ1v) is 3.24. The van der Waals surface area contributed by atoms with E-state index in [1.807, 2.05) is 0 Å². The van der Waals surface area contributed by atoms with Gasteiger partial charge < -0.3 is 9.47 Å². The van der Waals surface area contributed by atoms with Crippen LogP contribution in [0.1, 0.15) is 6.92 Å². The molecule has 0 N–H and O–H groups in total. The lowest BCUT2D eigenvalue weighted by Crippen LogP contribution is -2.07. The molecule has 0 spiro atoms. The zero-order valence-electron chi connectivity index (χ0n) is 6.63. The van der Waals surface area contributed by atoms with Gasteiger partial charge in [0.25, 0.3) is 0 Å². The lowest BCUT2D eigenvalue weighted by atomic mass is 10.6. The van der Waals surface area contributed by atoms with Gasteiger partial charge in [0, 0.05) is 6.08 Å². The first kappa shape index (κ1) is 9.75. The van der Waals surface area contributed by atoms with Crippen molar-refractivity contribution in [3.63, 3.8) is 0 Å². The Kier molecular flexibility index (Phi) is 4.90. The largest absolute Gasteiger partial charge is 0.495 e. The number of carbonyl (C=O) groups excluding carboxylic acids is 1. The number of hydrogen-bond acceptors (Lipinski definition) is 3. The topological polar surface area (TPSA) is 35.5 Å². The van der Waals surface area contributed by atoms with Crippen molar-refractivity contribution in [3.05, 3.63) is 25.0 Å². The van der Waals surface area contributed by atoms with Gasteiger partial charge in [0.1, 0.15) is 13.2 Å². The van der Waals surface area contributed by atoms with E-state index in [1.165, 1.54) is 0 Å². The molecule has 0 saturated heterocycles. The molecule has 0 aliphatic carbocycles. The molecule has 0 atom stereocenters. The Bertz CT molecular complexity index is 161. The van der Waals surface area contributed by atoms with E-state index in [4.69, 9.17) is 4.74 Å². The van der Waals surface area contributed by atoms with Gasteiger partial charge in [-0.15, -0.1) is 0 Å². The van der Waals surface area contributed by atoms with Crippen LogP contribution in [0.2, 0.25) is 0 Å². The van der Waals surface area contributed by atoms with E-state index < -0.39 is 5.97 Å². The molecule has 0 aliphatic rings. The van der Waals surface area contributed by atoms with E-state index in [0.717, 1.165) is 6.08 Å². The Morgan fingerprint density at radius 3 is 2.45 bits per heavy atom. The van der Waals surface area contributed by atoms with Crippen LogP contribution in [0.25, 0.3) is 0 Å². The lowest BCUT2D eigenvalue weighted by molar-refractivity contribution is -0.138. The quantitative estimate of drug-likeness (QED) is 0.260. The molecule has 0 amide bonds. The molecular weight excluding hydrogens is 144 g/mol. The van der Waals surface area contributed by atoms with E-state index in [-0.39, 0.29) is 6.61 Å². The van der Waals surface area contributed by atoms with Gasteiger partial charge in [-0.3, -0.25) is 0 Å². The van der Waals surface area contributed by atoms with Crippen LogP contribution in [0.15, 0.2) is 25.0 Å². The Hall–Kier alpha value is -1.25. The molecule has 0 bridgehead atoms. The summed E-state index contributed by atoms with van der Waals surface area (Å²) in [5.74, 6) is 0.176. The molecule has 0 heterocycles. The monoisotopic (exact) mass is 156 g/mol. The van der Waals surface area contributed by atoms with Crippen LogP contribution in [-0.4, -0.2) is 19.2 Å². The summed E-state index contributed by atoms with van der Waals surface area (Å²) in [4.78, 5) is 10.4. The van der Waals surface area contributed by atoms with Crippen LogP contribution in [0.4, 0.5) is 0 Å². The van der Waals surface area contributed by atoms with E-state index in [9.17, 15) is 4.79 Å². The molecule has 0 aromatic rings. The van der Waals surface area contributed by atoms with Gasteiger partial charge in [-0.05, 0) is 6.92 Å². The van der Waals surface area contributed by atoms with Crippen molar-refractivity contribution in [3.8, 4) is 0 Å². The number of allylic oxidation sites excluding steroid dienone is 1. The smallest absolute Gasteiger partial charge is 0.330 e. The average molecular weight is 156 g/mol. The fourth-order valence-corrected chi connectivity index (χ4v) is 0.417. The van der Waals surface area contributed by atoms with Gasteiger partial charge in [0.05, 0.1) is 5.76 Å². The van der Waals surface area contributed by atoms with Gasteiger partial charge in [0.2, 0.25) is 0 Å². The highest BCUT2D eigenvalue weighted by molar-refractivity contribution is 5.81. The van der Waals surface area contributed by atoms with Crippen LogP contribution < -0.4 is 0 Å². The molecule has 11 heavy (non-hydrogen) atoms. The molecule has 0 aromatic carbocycles. The van der Waals surface area contributed by atoms with Crippen LogP contribution in [0.3, 0.4) is 0 Å². The summed E-state index contributed by atoms with van der Waals surface area (Å²) in [6.07, 6.45) is 1.11. The Labute approximate surface area is 66.3 Å². The second-order valence-electron chi connectivity index (χ2n) is 1.92. The third-order valence-electron chi connectivity index (χ3n) is 0.843. The number of hydrogen-bond donors (Lipinski definition) is 0. The van der Waals surface area contributed by atoms with Crippen molar-refractivity contribution < 1.29 is 14.3 Å². The highest BCUT2D eigenvalue weighted by atomic mass is 16.6.